The van der Waals surface area contributed by atoms with Crippen LogP contribution < -0.4 is 0 Å². The Labute approximate surface area is 92.3 Å². The minimum absolute atomic E-state index is 0.238. The van der Waals surface area contributed by atoms with Crippen molar-refractivity contribution in [3.05, 3.63) is 30.0 Å². The lowest BCUT2D eigenvalue weighted by atomic mass is 10.2. The van der Waals surface area contributed by atoms with E-state index in [0.717, 1.165) is 5.39 Å². The summed E-state index contributed by atoms with van der Waals surface area (Å²) in [5, 5.41) is 16.6. The fourth-order valence-electron chi connectivity index (χ4n) is 1.49. The molecule has 0 atom stereocenters. The molecule has 1 aromatic heterocycles. The van der Waals surface area contributed by atoms with Crippen molar-refractivity contribution < 1.29 is 14.5 Å². The first-order chi connectivity index (χ1) is 7.85. The van der Waals surface area contributed by atoms with Crippen molar-refractivity contribution in [2.24, 2.45) is 5.16 Å². The topological polar surface area (TPSA) is 67.9 Å². The minimum Gasteiger partial charge on any atom is -0.479 e. The summed E-state index contributed by atoms with van der Waals surface area (Å²) in [7, 11) is 0. The van der Waals surface area contributed by atoms with E-state index in [1.807, 2.05) is 31.2 Å². The predicted octanol–water partition coefficient (Wildman–Crippen LogP) is 2.19. The van der Waals surface area contributed by atoms with E-state index in [2.05, 4.69) is 10.3 Å². The van der Waals surface area contributed by atoms with Gasteiger partial charge >= 0.3 is 0 Å². The molecule has 0 bridgehead atoms. The van der Waals surface area contributed by atoms with Gasteiger partial charge in [0.2, 0.25) is 5.90 Å². The Morgan fingerprint density at radius 2 is 2.31 bits per heavy atom. The van der Waals surface area contributed by atoms with Crippen LogP contribution in [0.5, 0.6) is 0 Å². The van der Waals surface area contributed by atoms with Crippen molar-refractivity contribution in [2.45, 2.75) is 13.3 Å². The van der Waals surface area contributed by atoms with E-state index in [0.29, 0.717) is 24.3 Å². The molecule has 2 aromatic rings. The van der Waals surface area contributed by atoms with Crippen molar-refractivity contribution in [2.75, 3.05) is 6.61 Å². The molecule has 0 amide bonds. The molecule has 5 nitrogen and oxygen atoms in total. The molecule has 0 unspecified atom stereocenters. The third kappa shape index (κ3) is 1.98. The predicted molar refractivity (Wildman–Crippen MR) is 58.6 cm³/mol. The van der Waals surface area contributed by atoms with Crippen LogP contribution in [0.2, 0.25) is 0 Å². The summed E-state index contributed by atoms with van der Waals surface area (Å²) in [6.07, 6.45) is 0.321. The largest absolute Gasteiger partial charge is 0.479 e. The zero-order valence-corrected chi connectivity index (χ0v) is 8.88. The van der Waals surface area contributed by atoms with Gasteiger partial charge in [0.05, 0.1) is 13.0 Å². The highest BCUT2D eigenvalue weighted by Crippen LogP contribution is 2.18. The molecular formula is C11H12N2O3. The van der Waals surface area contributed by atoms with Gasteiger partial charge in [-0.15, -0.1) is 0 Å². The summed E-state index contributed by atoms with van der Waals surface area (Å²) < 4.78 is 10.3. The molecule has 0 aliphatic rings. The quantitative estimate of drug-likeness (QED) is 0.372. The minimum atomic E-state index is 0.238. The lowest BCUT2D eigenvalue weighted by Crippen LogP contribution is -2.08. The number of para-hydroxylation sites is 1. The zero-order valence-electron chi connectivity index (χ0n) is 8.88. The molecule has 1 N–H and O–H groups in total. The van der Waals surface area contributed by atoms with Gasteiger partial charge in [0.15, 0.2) is 5.58 Å². The zero-order chi connectivity index (χ0) is 11.4. The van der Waals surface area contributed by atoms with Gasteiger partial charge < -0.3 is 14.5 Å². The van der Waals surface area contributed by atoms with Crippen LogP contribution in [0.25, 0.3) is 11.0 Å². The SMILES string of the molecule is CCOC(Cc1noc2ccccc12)=NO. The van der Waals surface area contributed by atoms with E-state index in [-0.39, 0.29) is 5.90 Å². The van der Waals surface area contributed by atoms with Crippen molar-refractivity contribution in [3.8, 4) is 0 Å². The Morgan fingerprint density at radius 3 is 3.06 bits per heavy atom. The molecule has 1 aromatic carbocycles. The molecule has 0 radical (unpaired) electrons. The van der Waals surface area contributed by atoms with Crippen LogP contribution in [-0.4, -0.2) is 22.9 Å². The molecule has 2 rings (SSSR count). The highest BCUT2D eigenvalue weighted by atomic mass is 16.5. The summed E-state index contributed by atoms with van der Waals surface area (Å²) in [5.74, 6) is 0.238. The fraction of sp³-hybridized carbons (Fsp3) is 0.273. The average Bonchev–Trinajstić information content (AvgIpc) is 2.72. The first-order valence-electron chi connectivity index (χ1n) is 5.02. The number of ether oxygens (including phenoxy) is 1. The van der Waals surface area contributed by atoms with Crippen molar-refractivity contribution >= 4 is 16.9 Å². The Hall–Kier alpha value is -2.04. The highest BCUT2D eigenvalue weighted by Gasteiger charge is 2.11. The summed E-state index contributed by atoms with van der Waals surface area (Å²) in [5.41, 5.74) is 1.42. The normalized spacial score (nSPS) is 11.9. The second kappa shape index (κ2) is 4.65. The maximum absolute atomic E-state index is 8.73. The third-order valence-electron chi connectivity index (χ3n) is 2.19. The lowest BCUT2D eigenvalue weighted by Gasteiger charge is -2.02. The number of benzene rings is 1. The third-order valence-corrected chi connectivity index (χ3v) is 2.19. The lowest BCUT2D eigenvalue weighted by molar-refractivity contribution is 0.259. The highest BCUT2D eigenvalue weighted by molar-refractivity contribution is 5.85. The van der Waals surface area contributed by atoms with Gasteiger partial charge in [-0.3, -0.25) is 0 Å². The van der Waals surface area contributed by atoms with Crippen LogP contribution in [0.4, 0.5) is 0 Å². The number of hydrogen-bond acceptors (Lipinski definition) is 5. The van der Waals surface area contributed by atoms with Crippen LogP contribution in [0, 0.1) is 0 Å². The monoisotopic (exact) mass is 220 g/mol. The first kappa shape index (κ1) is 10.5. The molecule has 0 fully saturated rings. The van der Waals surface area contributed by atoms with E-state index in [1.165, 1.54) is 0 Å². The van der Waals surface area contributed by atoms with Gasteiger partial charge in [-0.2, -0.15) is 0 Å². The van der Waals surface area contributed by atoms with Crippen LogP contribution in [0.15, 0.2) is 33.9 Å². The number of aromatic nitrogens is 1. The molecule has 5 heteroatoms. The molecule has 0 saturated carbocycles. The number of nitrogens with zero attached hydrogens (tertiary/aromatic N) is 2. The fourth-order valence-corrected chi connectivity index (χ4v) is 1.49. The Bertz CT molecular complexity index is 505. The summed E-state index contributed by atoms with van der Waals surface area (Å²) >= 11 is 0. The van der Waals surface area contributed by atoms with Gasteiger partial charge in [-0.05, 0) is 19.1 Å². The van der Waals surface area contributed by atoms with E-state index in [1.54, 1.807) is 0 Å². The number of hydrogen-bond donors (Lipinski definition) is 1. The Balaban J connectivity index is 2.27. The smallest absolute Gasteiger partial charge is 0.231 e. The maximum atomic E-state index is 8.73. The second-order valence-corrected chi connectivity index (χ2v) is 3.23. The maximum Gasteiger partial charge on any atom is 0.231 e. The molecule has 16 heavy (non-hydrogen) atoms. The van der Waals surface area contributed by atoms with Crippen molar-refractivity contribution in [1.82, 2.24) is 5.16 Å². The van der Waals surface area contributed by atoms with E-state index in [4.69, 9.17) is 14.5 Å². The average molecular weight is 220 g/mol. The molecule has 0 spiro atoms. The Kier molecular flexibility index (Phi) is 3.05. The first-order valence-corrected chi connectivity index (χ1v) is 5.02. The number of rotatable bonds is 3. The van der Waals surface area contributed by atoms with Gasteiger partial charge in [0.25, 0.3) is 0 Å². The van der Waals surface area contributed by atoms with E-state index >= 15 is 0 Å². The van der Waals surface area contributed by atoms with Crippen LogP contribution in [0.1, 0.15) is 12.6 Å². The van der Waals surface area contributed by atoms with Gasteiger partial charge in [-0.1, -0.05) is 22.4 Å². The molecule has 0 saturated heterocycles. The van der Waals surface area contributed by atoms with Crippen LogP contribution in [0.3, 0.4) is 0 Å². The standard InChI is InChI=1S/C11H12N2O3/c1-2-15-11(12-14)7-9-8-5-3-4-6-10(8)16-13-9/h3-6,14H,2,7H2,1H3. The van der Waals surface area contributed by atoms with Gasteiger partial charge in [-0.25, -0.2) is 0 Å². The van der Waals surface area contributed by atoms with E-state index < -0.39 is 0 Å². The van der Waals surface area contributed by atoms with Crippen molar-refractivity contribution in [3.63, 3.8) is 0 Å². The summed E-state index contributed by atoms with van der Waals surface area (Å²) in [4.78, 5) is 0. The van der Waals surface area contributed by atoms with Gasteiger partial charge in [0.1, 0.15) is 5.69 Å². The molecule has 84 valence electrons. The van der Waals surface area contributed by atoms with Gasteiger partial charge in [0, 0.05) is 5.39 Å². The van der Waals surface area contributed by atoms with Crippen LogP contribution >= 0.6 is 0 Å². The molecular weight excluding hydrogens is 208 g/mol. The molecule has 1 heterocycles. The second-order valence-electron chi connectivity index (χ2n) is 3.23. The number of fused-ring (bicyclic) bond motifs is 1. The van der Waals surface area contributed by atoms with Crippen LogP contribution in [-0.2, 0) is 11.2 Å². The summed E-state index contributed by atoms with van der Waals surface area (Å²) in [6.45, 7) is 2.28. The molecule has 0 aliphatic carbocycles. The molecule has 0 aliphatic heterocycles. The summed E-state index contributed by atoms with van der Waals surface area (Å²) in [6, 6.07) is 7.52. The van der Waals surface area contributed by atoms with E-state index in [9.17, 15) is 0 Å². The Morgan fingerprint density at radius 1 is 1.50 bits per heavy atom. The van der Waals surface area contributed by atoms with Crippen molar-refractivity contribution in [1.29, 1.82) is 0 Å². The number of oxime groups is 1.